The highest BCUT2D eigenvalue weighted by atomic mass is 19.1. The average Bonchev–Trinajstić information content (AvgIpc) is 2.69. The van der Waals surface area contributed by atoms with Gasteiger partial charge in [-0.3, -0.25) is 0 Å². The Hall–Kier alpha value is -3.22. The standard InChI is InChI=1S/C19H20FN5O/c1-26-16-8-6-14(7-9-16)12-22-19-24-18(13-23-25-19)21-11-10-15-4-2-3-5-17(15)20/h2-9,13H,10-12H2,1H3,(H2,21,22,24,25). The van der Waals surface area contributed by atoms with E-state index in [1.807, 2.05) is 30.3 Å². The van der Waals surface area contributed by atoms with Crippen molar-refractivity contribution >= 4 is 11.8 Å². The molecule has 3 aromatic rings. The number of nitrogens with zero attached hydrogens (tertiary/aromatic N) is 3. The molecule has 2 N–H and O–H groups in total. The number of rotatable bonds is 8. The Morgan fingerprint density at radius 3 is 2.62 bits per heavy atom. The fourth-order valence-electron chi connectivity index (χ4n) is 2.41. The van der Waals surface area contributed by atoms with Crippen LogP contribution in [0.4, 0.5) is 16.2 Å². The summed E-state index contributed by atoms with van der Waals surface area (Å²) in [6.07, 6.45) is 2.10. The molecule has 6 nitrogen and oxygen atoms in total. The zero-order valence-corrected chi connectivity index (χ0v) is 14.4. The Labute approximate surface area is 151 Å². The van der Waals surface area contributed by atoms with E-state index in [4.69, 9.17) is 4.74 Å². The summed E-state index contributed by atoms with van der Waals surface area (Å²) in [5, 5.41) is 14.2. The van der Waals surface area contributed by atoms with Gasteiger partial charge in [0.1, 0.15) is 11.6 Å². The molecule has 0 bridgehead atoms. The lowest BCUT2D eigenvalue weighted by Gasteiger charge is -2.08. The van der Waals surface area contributed by atoms with Crippen LogP contribution in [0.15, 0.2) is 54.7 Å². The predicted molar refractivity (Wildman–Crippen MR) is 98.7 cm³/mol. The topological polar surface area (TPSA) is 72.0 Å². The highest BCUT2D eigenvalue weighted by Crippen LogP contribution is 2.13. The van der Waals surface area contributed by atoms with Gasteiger partial charge in [-0.25, -0.2) is 4.39 Å². The van der Waals surface area contributed by atoms with Crippen molar-refractivity contribution in [2.75, 3.05) is 24.3 Å². The maximum atomic E-state index is 13.6. The molecule has 134 valence electrons. The van der Waals surface area contributed by atoms with Crippen molar-refractivity contribution in [2.45, 2.75) is 13.0 Å². The Balaban J connectivity index is 1.51. The summed E-state index contributed by atoms with van der Waals surface area (Å²) in [6, 6.07) is 14.5. The summed E-state index contributed by atoms with van der Waals surface area (Å²) < 4.78 is 18.7. The number of nitrogens with one attached hydrogen (secondary N) is 2. The maximum absolute atomic E-state index is 13.6. The Bertz CT molecular complexity index is 841. The summed E-state index contributed by atoms with van der Waals surface area (Å²) in [6.45, 7) is 1.13. The zero-order valence-electron chi connectivity index (χ0n) is 14.4. The number of aromatic nitrogens is 3. The highest BCUT2D eigenvalue weighted by Gasteiger charge is 2.03. The fourth-order valence-corrected chi connectivity index (χ4v) is 2.41. The first-order valence-corrected chi connectivity index (χ1v) is 8.28. The van der Waals surface area contributed by atoms with Crippen molar-refractivity contribution in [3.05, 3.63) is 71.7 Å². The fraction of sp³-hybridized carbons (Fsp3) is 0.211. The van der Waals surface area contributed by atoms with Crippen LogP contribution in [0.1, 0.15) is 11.1 Å². The smallest absolute Gasteiger partial charge is 0.244 e. The van der Waals surface area contributed by atoms with E-state index in [1.54, 1.807) is 25.4 Å². The second kappa shape index (κ2) is 8.75. The monoisotopic (exact) mass is 353 g/mol. The number of hydrogen-bond donors (Lipinski definition) is 2. The largest absolute Gasteiger partial charge is 0.497 e. The number of hydrogen-bond acceptors (Lipinski definition) is 6. The van der Waals surface area contributed by atoms with Gasteiger partial charge >= 0.3 is 0 Å². The van der Waals surface area contributed by atoms with Gasteiger partial charge in [0, 0.05) is 13.1 Å². The number of halogens is 1. The molecular formula is C19H20FN5O. The number of anilines is 2. The van der Waals surface area contributed by atoms with Crippen LogP contribution in [0.2, 0.25) is 0 Å². The summed E-state index contributed by atoms with van der Waals surface area (Å²) in [7, 11) is 1.64. The van der Waals surface area contributed by atoms with E-state index in [1.165, 1.54) is 6.07 Å². The van der Waals surface area contributed by atoms with Crippen molar-refractivity contribution in [3.8, 4) is 5.75 Å². The Morgan fingerprint density at radius 1 is 1.04 bits per heavy atom. The second-order valence-electron chi connectivity index (χ2n) is 5.64. The van der Waals surface area contributed by atoms with Gasteiger partial charge in [-0.15, -0.1) is 5.10 Å². The van der Waals surface area contributed by atoms with Crippen LogP contribution in [0, 0.1) is 5.82 Å². The van der Waals surface area contributed by atoms with Crippen molar-refractivity contribution < 1.29 is 9.13 Å². The first-order chi connectivity index (χ1) is 12.7. The summed E-state index contributed by atoms with van der Waals surface area (Å²) in [5.41, 5.74) is 1.74. The van der Waals surface area contributed by atoms with Gasteiger partial charge in [0.2, 0.25) is 5.95 Å². The molecule has 3 rings (SSSR count). The molecule has 0 aliphatic rings. The van der Waals surface area contributed by atoms with Crippen LogP contribution in [-0.4, -0.2) is 28.8 Å². The molecule has 0 radical (unpaired) electrons. The van der Waals surface area contributed by atoms with Gasteiger partial charge in [-0.1, -0.05) is 30.3 Å². The zero-order chi connectivity index (χ0) is 18.2. The van der Waals surface area contributed by atoms with Crippen LogP contribution in [0.3, 0.4) is 0 Å². The summed E-state index contributed by atoms with van der Waals surface area (Å²) >= 11 is 0. The lowest BCUT2D eigenvalue weighted by molar-refractivity contribution is 0.414. The van der Waals surface area contributed by atoms with Gasteiger partial charge in [0.15, 0.2) is 5.82 Å². The van der Waals surface area contributed by atoms with Crippen LogP contribution >= 0.6 is 0 Å². The van der Waals surface area contributed by atoms with Crippen molar-refractivity contribution in [3.63, 3.8) is 0 Å². The van der Waals surface area contributed by atoms with Crippen molar-refractivity contribution in [1.82, 2.24) is 15.2 Å². The first-order valence-electron chi connectivity index (χ1n) is 8.28. The minimum atomic E-state index is -0.197. The molecule has 0 atom stereocenters. The van der Waals surface area contributed by atoms with E-state index >= 15 is 0 Å². The van der Waals surface area contributed by atoms with Crippen LogP contribution in [0.5, 0.6) is 5.75 Å². The van der Waals surface area contributed by atoms with Gasteiger partial charge in [0.05, 0.1) is 13.3 Å². The average molecular weight is 353 g/mol. The predicted octanol–water partition coefficient (Wildman–Crippen LogP) is 3.29. The Morgan fingerprint density at radius 2 is 1.85 bits per heavy atom. The van der Waals surface area contributed by atoms with Crippen molar-refractivity contribution in [1.29, 1.82) is 0 Å². The van der Waals surface area contributed by atoms with Gasteiger partial charge in [-0.05, 0) is 35.7 Å². The molecule has 2 aromatic carbocycles. The molecule has 26 heavy (non-hydrogen) atoms. The molecule has 0 unspecified atom stereocenters. The van der Waals surface area contributed by atoms with Crippen LogP contribution in [-0.2, 0) is 13.0 Å². The molecule has 0 saturated carbocycles. The molecular weight excluding hydrogens is 333 g/mol. The third kappa shape index (κ3) is 4.89. The minimum Gasteiger partial charge on any atom is -0.497 e. The van der Waals surface area contributed by atoms with Crippen molar-refractivity contribution in [2.24, 2.45) is 0 Å². The molecule has 0 fully saturated rings. The van der Waals surface area contributed by atoms with E-state index in [2.05, 4.69) is 25.8 Å². The number of methoxy groups -OCH3 is 1. The molecule has 0 aliphatic heterocycles. The molecule has 0 spiro atoms. The van der Waals surface area contributed by atoms with Gasteiger partial charge in [-0.2, -0.15) is 10.1 Å². The maximum Gasteiger partial charge on any atom is 0.244 e. The molecule has 7 heteroatoms. The van der Waals surface area contributed by atoms with E-state index in [-0.39, 0.29) is 5.82 Å². The first kappa shape index (κ1) is 17.6. The molecule has 1 heterocycles. The lowest BCUT2D eigenvalue weighted by atomic mass is 10.1. The summed E-state index contributed by atoms with van der Waals surface area (Å²) in [5.74, 6) is 1.63. The van der Waals surface area contributed by atoms with E-state index in [9.17, 15) is 4.39 Å². The molecule has 0 amide bonds. The minimum absolute atomic E-state index is 0.197. The highest BCUT2D eigenvalue weighted by molar-refractivity contribution is 5.38. The van der Waals surface area contributed by atoms with E-state index in [0.29, 0.717) is 36.8 Å². The third-order valence-corrected chi connectivity index (χ3v) is 3.83. The number of benzene rings is 2. The van der Waals surface area contributed by atoms with Gasteiger partial charge < -0.3 is 15.4 Å². The second-order valence-corrected chi connectivity index (χ2v) is 5.64. The SMILES string of the molecule is COc1ccc(CNc2nncc(NCCc3ccccc3F)n2)cc1. The third-order valence-electron chi connectivity index (χ3n) is 3.83. The quantitative estimate of drug-likeness (QED) is 0.647. The normalized spacial score (nSPS) is 10.4. The molecule has 1 aromatic heterocycles. The summed E-state index contributed by atoms with van der Waals surface area (Å²) in [4.78, 5) is 4.36. The Kier molecular flexibility index (Phi) is 5.92. The van der Waals surface area contributed by atoms with E-state index in [0.717, 1.165) is 11.3 Å². The number of ether oxygens (including phenoxy) is 1. The molecule has 0 saturated heterocycles. The van der Waals surface area contributed by atoms with Crippen LogP contribution < -0.4 is 15.4 Å². The van der Waals surface area contributed by atoms with Crippen LogP contribution in [0.25, 0.3) is 0 Å². The van der Waals surface area contributed by atoms with E-state index < -0.39 is 0 Å². The lowest BCUT2D eigenvalue weighted by Crippen LogP contribution is -2.10. The van der Waals surface area contributed by atoms with Gasteiger partial charge in [0.25, 0.3) is 0 Å². The molecule has 0 aliphatic carbocycles.